The molecule has 0 unspecified atom stereocenters. The van der Waals surface area contributed by atoms with Gasteiger partial charge in [0.05, 0.1) is 0 Å². The lowest BCUT2D eigenvalue weighted by Crippen LogP contribution is -2.67. The summed E-state index contributed by atoms with van der Waals surface area (Å²) in [6.45, 7) is 16.6. The molecule has 0 bridgehead atoms. The maximum atomic E-state index is 6.77. The largest absolute Gasteiger partial charge is 0.388 e. The molecule has 0 aliphatic heterocycles. The Balaban J connectivity index is 2.73. The maximum Gasteiger partial charge on any atom is 0.375 e. The Kier molecular flexibility index (Phi) is 9.67. The molecule has 0 spiro atoms. The average Bonchev–Trinajstić information content (AvgIpc) is 2.67. The van der Waals surface area contributed by atoms with Gasteiger partial charge in [0.25, 0.3) is 0 Å². The minimum atomic E-state index is -2.94. The van der Waals surface area contributed by atoms with E-state index in [-0.39, 0.29) is 24.4 Å². The van der Waals surface area contributed by atoms with E-state index in [2.05, 4.69) is 104 Å². The molecule has 0 atom stereocenters. The van der Waals surface area contributed by atoms with Gasteiger partial charge >= 0.3 is 17.1 Å². The van der Waals surface area contributed by atoms with Crippen molar-refractivity contribution in [2.75, 3.05) is 0 Å². The van der Waals surface area contributed by atoms with E-state index in [4.69, 9.17) is 17.7 Å². The van der Waals surface area contributed by atoms with Crippen LogP contribution in [0.1, 0.15) is 55.4 Å². The molecule has 0 aliphatic rings. The van der Waals surface area contributed by atoms with Crippen LogP contribution in [0.25, 0.3) is 0 Å². The summed E-state index contributed by atoms with van der Waals surface area (Å²) in [4.78, 5) is 0. The molecular weight excluding hydrogens is 420 g/mol. The van der Waals surface area contributed by atoms with Crippen LogP contribution >= 0.6 is 0 Å². The highest BCUT2D eigenvalue weighted by Gasteiger charge is 2.55. The summed E-state index contributed by atoms with van der Waals surface area (Å²) in [5.74, 6) is 0. The fourth-order valence-electron chi connectivity index (χ4n) is 3.91. The first-order valence-electron chi connectivity index (χ1n) is 11.4. The lowest BCUT2D eigenvalue weighted by atomic mass is 10.4. The first kappa shape index (κ1) is 26.0. The zero-order chi connectivity index (χ0) is 23.1. The van der Waals surface area contributed by atoms with Crippen molar-refractivity contribution in [3.05, 3.63) is 60.7 Å². The van der Waals surface area contributed by atoms with E-state index in [9.17, 15) is 0 Å². The van der Waals surface area contributed by atoms with Crippen LogP contribution in [0, 0.1) is 0 Å². The molecule has 4 nitrogen and oxygen atoms in total. The quantitative estimate of drug-likeness (QED) is 0.421. The Labute approximate surface area is 191 Å². The third-order valence-corrected chi connectivity index (χ3v) is 14.2. The van der Waals surface area contributed by atoms with Crippen LogP contribution in [0.5, 0.6) is 0 Å². The normalized spacial score (nSPS) is 13.0. The van der Waals surface area contributed by atoms with Crippen LogP contribution in [-0.2, 0) is 17.7 Å². The van der Waals surface area contributed by atoms with Crippen LogP contribution in [-0.4, -0.2) is 41.5 Å². The van der Waals surface area contributed by atoms with Gasteiger partial charge in [-0.05, 0) is 65.8 Å². The highest BCUT2D eigenvalue weighted by Crippen LogP contribution is 2.29. The van der Waals surface area contributed by atoms with Crippen molar-refractivity contribution in [2.24, 2.45) is 0 Å². The molecule has 0 fully saturated rings. The van der Waals surface area contributed by atoms with Gasteiger partial charge in [-0.3, -0.25) is 0 Å². The van der Waals surface area contributed by atoms with Crippen molar-refractivity contribution in [3.63, 3.8) is 0 Å². The van der Waals surface area contributed by atoms with Crippen molar-refractivity contribution < 1.29 is 17.7 Å². The molecule has 0 amide bonds. The lowest BCUT2D eigenvalue weighted by molar-refractivity contribution is 0.0985. The highest BCUT2D eigenvalue weighted by atomic mass is 28.4. The van der Waals surface area contributed by atoms with Gasteiger partial charge in [0.2, 0.25) is 0 Å². The minimum absolute atomic E-state index is 0.0196. The highest BCUT2D eigenvalue weighted by molar-refractivity contribution is 6.98. The first-order valence-corrected chi connectivity index (χ1v) is 15.5. The predicted molar refractivity (Wildman–Crippen MR) is 133 cm³/mol. The lowest BCUT2D eigenvalue weighted by Gasteiger charge is -2.42. The first-order chi connectivity index (χ1) is 14.6. The van der Waals surface area contributed by atoms with Crippen molar-refractivity contribution in [2.45, 2.75) is 85.5 Å². The second-order valence-corrected chi connectivity index (χ2v) is 15.6. The number of benzene rings is 2. The zero-order valence-corrected chi connectivity index (χ0v) is 22.4. The third-order valence-electron chi connectivity index (χ3n) is 4.60. The van der Waals surface area contributed by atoms with Gasteiger partial charge in [0, 0.05) is 30.1 Å². The smallest absolute Gasteiger partial charge is 0.375 e. The molecule has 2 aromatic carbocycles. The monoisotopic (exact) mass is 460 g/mol. The molecule has 172 valence electrons. The SMILES string of the molecule is CC(C)O[Si](C[Si](OC(C)C)(OC(C)C)c1ccccc1)(OC(C)C)c1ccccc1. The molecule has 31 heavy (non-hydrogen) atoms. The molecule has 0 radical (unpaired) electrons. The van der Waals surface area contributed by atoms with E-state index in [0.29, 0.717) is 5.67 Å². The Morgan fingerprint density at radius 2 is 0.742 bits per heavy atom. The van der Waals surface area contributed by atoms with E-state index in [1.54, 1.807) is 0 Å². The van der Waals surface area contributed by atoms with Crippen molar-refractivity contribution in [3.8, 4) is 0 Å². The van der Waals surface area contributed by atoms with Gasteiger partial charge in [-0.15, -0.1) is 0 Å². The summed E-state index contributed by atoms with van der Waals surface area (Å²) < 4.78 is 27.1. The summed E-state index contributed by atoms with van der Waals surface area (Å²) in [6.07, 6.45) is 0.0785. The number of hydrogen-bond acceptors (Lipinski definition) is 4. The van der Waals surface area contributed by atoms with Crippen LogP contribution in [0.3, 0.4) is 0 Å². The van der Waals surface area contributed by atoms with Crippen LogP contribution in [0.4, 0.5) is 0 Å². The molecular formula is C25H40O4Si2. The molecule has 2 rings (SSSR count). The predicted octanol–water partition coefficient (Wildman–Crippen LogP) is 4.92. The van der Waals surface area contributed by atoms with Crippen LogP contribution in [0.15, 0.2) is 60.7 Å². The zero-order valence-electron chi connectivity index (χ0n) is 20.4. The average molecular weight is 461 g/mol. The maximum absolute atomic E-state index is 6.77. The third kappa shape index (κ3) is 7.37. The molecule has 0 aliphatic carbocycles. The second kappa shape index (κ2) is 11.5. The topological polar surface area (TPSA) is 36.9 Å². The number of hydrogen-bond donors (Lipinski definition) is 0. The van der Waals surface area contributed by atoms with E-state index in [1.165, 1.54) is 0 Å². The minimum Gasteiger partial charge on any atom is -0.388 e. The Bertz CT molecular complexity index is 678. The summed E-state index contributed by atoms with van der Waals surface area (Å²) in [5.41, 5.74) is 0.626. The standard InChI is InChI=1S/C25H40O4Si2/c1-20(2)26-30(27-21(3)4,24-15-11-9-12-16-24)19-31(28-22(5)6,29-23(7)8)25-17-13-10-14-18-25/h9-18,20-23H,19H2,1-8H3. The van der Waals surface area contributed by atoms with Gasteiger partial charge in [-0.2, -0.15) is 0 Å². The summed E-state index contributed by atoms with van der Waals surface area (Å²) >= 11 is 0. The second-order valence-electron chi connectivity index (χ2n) is 9.08. The summed E-state index contributed by atoms with van der Waals surface area (Å²) in [5, 5.41) is 2.23. The molecule has 0 saturated heterocycles. The van der Waals surface area contributed by atoms with Gasteiger partial charge in [0.1, 0.15) is 0 Å². The fourth-order valence-corrected chi connectivity index (χ4v) is 14.4. The summed E-state index contributed by atoms with van der Waals surface area (Å²) in [7, 11) is -5.88. The molecule has 0 saturated carbocycles. The molecule has 0 heterocycles. The van der Waals surface area contributed by atoms with Gasteiger partial charge in [-0.25, -0.2) is 0 Å². The van der Waals surface area contributed by atoms with Gasteiger partial charge < -0.3 is 17.7 Å². The Morgan fingerprint density at radius 1 is 0.484 bits per heavy atom. The molecule has 0 N–H and O–H groups in total. The van der Waals surface area contributed by atoms with E-state index < -0.39 is 17.1 Å². The van der Waals surface area contributed by atoms with Crippen molar-refractivity contribution >= 4 is 27.5 Å². The van der Waals surface area contributed by atoms with E-state index >= 15 is 0 Å². The van der Waals surface area contributed by atoms with Crippen molar-refractivity contribution in [1.82, 2.24) is 0 Å². The Morgan fingerprint density at radius 3 is 0.968 bits per heavy atom. The molecule has 6 heteroatoms. The van der Waals surface area contributed by atoms with Gasteiger partial charge in [-0.1, -0.05) is 60.7 Å². The molecule has 2 aromatic rings. The van der Waals surface area contributed by atoms with Gasteiger partial charge in [0.15, 0.2) is 0 Å². The summed E-state index contributed by atoms with van der Waals surface area (Å²) in [6, 6.07) is 20.8. The van der Waals surface area contributed by atoms with Crippen LogP contribution < -0.4 is 10.4 Å². The van der Waals surface area contributed by atoms with Crippen LogP contribution in [0.2, 0.25) is 5.67 Å². The fraction of sp³-hybridized carbons (Fsp3) is 0.520. The number of rotatable bonds is 12. The van der Waals surface area contributed by atoms with Crippen molar-refractivity contribution in [1.29, 1.82) is 0 Å². The Hall–Kier alpha value is -1.29. The van der Waals surface area contributed by atoms with E-state index in [0.717, 1.165) is 10.4 Å². The molecule has 0 aromatic heterocycles. The van der Waals surface area contributed by atoms with E-state index in [1.807, 2.05) is 12.1 Å².